The van der Waals surface area contributed by atoms with Gasteiger partial charge in [-0.25, -0.2) is 43.7 Å². The lowest BCUT2D eigenvalue weighted by molar-refractivity contribution is -0.407. The average Bonchev–Trinajstić information content (AvgIpc) is 3.58. The maximum absolute atomic E-state index is 13.5. The van der Waals surface area contributed by atoms with E-state index in [9.17, 15) is 14.4 Å². The van der Waals surface area contributed by atoms with Gasteiger partial charge in [0.05, 0.1) is 38.1 Å². The second-order valence-corrected chi connectivity index (χ2v) is 21.9. The number of rotatable bonds is 33. The van der Waals surface area contributed by atoms with Crippen molar-refractivity contribution in [2.24, 2.45) is 35.5 Å². The molecule has 3 saturated heterocycles. The fraction of sp³-hybridized carbons (Fsp3) is 0.750. The van der Waals surface area contributed by atoms with Crippen molar-refractivity contribution in [3.05, 3.63) is 75.9 Å². The van der Waals surface area contributed by atoms with E-state index >= 15 is 0 Å². The third-order valence-electron chi connectivity index (χ3n) is 17.5. The molecule has 3 aliphatic heterocycles. The van der Waals surface area contributed by atoms with Crippen LogP contribution >= 0.6 is 0 Å². The molecule has 0 aromatic heterocycles. The van der Waals surface area contributed by atoms with Crippen molar-refractivity contribution < 1.29 is 86.3 Å². The summed E-state index contributed by atoms with van der Waals surface area (Å²) in [5.74, 6) is -1.14. The molecule has 78 heavy (non-hydrogen) atoms. The Balaban J connectivity index is 1.29. The molecule has 0 N–H and O–H groups in total. The van der Waals surface area contributed by atoms with Gasteiger partial charge in [0.15, 0.2) is 0 Å². The molecule has 18 heteroatoms. The molecule has 3 spiro atoms. The lowest BCUT2D eigenvalue weighted by Crippen LogP contribution is -2.77. The molecule has 7 aliphatic rings. The van der Waals surface area contributed by atoms with Gasteiger partial charge in [-0.3, -0.25) is 0 Å². The molecule has 0 bridgehead atoms. The largest absolute Gasteiger partial charge is 0.463 e. The molecule has 4 aliphatic carbocycles. The summed E-state index contributed by atoms with van der Waals surface area (Å²) in [6, 6.07) is 0. The molecule has 438 valence electrons. The zero-order valence-corrected chi connectivity index (χ0v) is 46.2. The fourth-order valence-electron chi connectivity index (χ4n) is 14.4. The van der Waals surface area contributed by atoms with E-state index < -0.39 is 59.1 Å². The molecule has 0 aromatic carbocycles. The quantitative estimate of drug-likeness (QED) is 0.0115. The molecular weight excluding hydrogens is 1010 g/mol. The Kier molecular flexibility index (Phi) is 25.1. The molecule has 0 radical (unpaired) electrons. The topological polar surface area (TPSA) is 190 Å². The maximum Gasteiger partial charge on any atom is 0.330 e. The van der Waals surface area contributed by atoms with E-state index in [1.54, 1.807) is 18.2 Å². The van der Waals surface area contributed by atoms with Crippen molar-refractivity contribution >= 4 is 17.9 Å². The van der Waals surface area contributed by atoms with E-state index in [4.69, 9.17) is 72.0 Å². The predicted molar refractivity (Wildman–Crippen MR) is 286 cm³/mol. The van der Waals surface area contributed by atoms with Crippen molar-refractivity contribution in [2.45, 2.75) is 169 Å². The highest BCUT2D eigenvalue weighted by Crippen LogP contribution is 2.68. The Morgan fingerprint density at radius 1 is 0.436 bits per heavy atom. The number of carbonyl (C=O) groups is 3. The Labute approximate surface area is 462 Å². The average molecular weight is 1100 g/mol. The first-order valence-corrected chi connectivity index (χ1v) is 29.0. The second-order valence-electron chi connectivity index (χ2n) is 21.9. The van der Waals surface area contributed by atoms with Crippen molar-refractivity contribution in [1.29, 1.82) is 0 Å². The number of ether oxygens (including phenoxy) is 9. The zero-order chi connectivity index (χ0) is 55.2. The molecule has 15 unspecified atom stereocenters. The van der Waals surface area contributed by atoms with Crippen LogP contribution in [0.25, 0.3) is 0 Å². The Bertz CT molecular complexity index is 1950. The van der Waals surface area contributed by atoms with E-state index in [0.717, 1.165) is 51.0 Å². The van der Waals surface area contributed by atoms with Crippen LogP contribution in [0.5, 0.6) is 0 Å². The molecule has 4 saturated carbocycles. The van der Waals surface area contributed by atoms with Crippen LogP contribution < -0.4 is 0 Å². The van der Waals surface area contributed by atoms with Crippen molar-refractivity contribution in [1.82, 2.24) is 0 Å². The Morgan fingerprint density at radius 3 is 1.47 bits per heavy atom. The molecule has 0 aromatic rings. The summed E-state index contributed by atoms with van der Waals surface area (Å²) in [5.41, 5.74) is -3.24. The van der Waals surface area contributed by atoms with Crippen molar-refractivity contribution in [3.63, 3.8) is 0 Å². The third-order valence-corrected chi connectivity index (χ3v) is 17.5. The van der Waals surface area contributed by atoms with Gasteiger partial charge in [0, 0.05) is 57.9 Å². The number of esters is 3. The SMILES string of the molecule is C=CCOOCCCCOC1CC2C(CC1OCCCCOOCC=C)C1CC3(OCCCC3OOCC=C)C3(CC1C1CC4(OCCCC4OC(=O)C=C)C(OCCCCOC(=O)C=C)CC21)OCCCC3OC(=O)C=C. The number of fused-ring (bicyclic) bond motifs is 7. The Hall–Kier alpha value is -3.63. The summed E-state index contributed by atoms with van der Waals surface area (Å²) >= 11 is 0. The van der Waals surface area contributed by atoms with Crippen LogP contribution in [-0.4, -0.2) is 151 Å². The Morgan fingerprint density at radius 2 is 0.885 bits per heavy atom. The smallest absolute Gasteiger partial charge is 0.330 e. The standard InChI is InChI=1S/C60H90O18/c1-7-25-71-73-35-17-15-28-64-49-37-43-44(38-50(49)65-29-16-18-36-74-72-26-8-2)47-41-60(53(24-21-34-70-60)78-75-27-9-3)59(52(23-20-33-69-59)77-57(63)12-6)42-48(47)46-40-58(51(22-19-32-68-58)76-56(62)11-5)54(39-45(43)46)66-30-13-14-31-67-55(61)10-4/h7-12,43-54H,1-6,13-42H2. The molecule has 7 rings (SSSR count). The highest BCUT2D eigenvalue weighted by Gasteiger charge is 2.73. The summed E-state index contributed by atoms with van der Waals surface area (Å²) < 4.78 is 60.9. The van der Waals surface area contributed by atoms with Crippen molar-refractivity contribution in [2.75, 3.05) is 79.3 Å². The van der Waals surface area contributed by atoms with Crippen LogP contribution in [0.4, 0.5) is 0 Å². The minimum absolute atomic E-state index is 0.00192. The van der Waals surface area contributed by atoms with Gasteiger partial charge in [0.25, 0.3) is 0 Å². The normalized spacial score (nSPS) is 35.1. The summed E-state index contributed by atoms with van der Waals surface area (Å²) in [6.07, 6.45) is 17.6. The first-order chi connectivity index (χ1) is 38.1. The molecular formula is C60H90O18. The van der Waals surface area contributed by atoms with E-state index in [0.29, 0.717) is 137 Å². The van der Waals surface area contributed by atoms with Gasteiger partial charge in [-0.15, -0.1) is 19.7 Å². The van der Waals surface area contributed by atoms with Gasteiger partial charge in [-0.05, 0) is 151 Å². The minimum Gasteiger partial charge on any atom is -0.463 e. The van der Waals surface area contributed by atoms with Gasteiger partial charge in [-0.2, -0.15) is 0 Å². The highest BCUT2D eigenvalue weighted by molar-refractivity contribution is 5.82. The summed E-state index contributed by atoms with van der Waals surface area (Å²) in [4.78, 5) is 72.2. The summed E-state index contributed by atoms with van der Waals surface area (Å²) in [5, 5.41) is 0. The van der Waals surface area contributed by atoms with Crippen molar-refractivity contribution in [3.8, 4) is 0 Å². The first-order valence-electron chi connectivity index (χ1n) is 29.0. The van der Waals surface area contributed by atoms with Crippen LogP contribution in [0.2, 0.25) is 0 Å². The van der Waals surface area contributed by atoms with E-state index in [-0.39, 0.29) is 60.9 Å². The number of carbonyl (C=O) groups excluding carboxylic acids is 3. The van der Waals surface area contributed by atoms with Gasteiger partial charge in [-0.1, -0.05) is 38.0 Å². The number of hydrogen-bond donors (Lipinski definition) is 0. The first kappa shape index (κ1) is 62.0. The number of hydrogen-bond acceptors (Lipinski definition) is 18. The van der Waals surface area contributed by atoms with Gasteiger partial charge in [0.1, 0.15) is 54.9 Å². The monoisotopic (exact) mass is 1100 g/mol. The van der Waals surface area contributed by atoms with E-state index in [2.05, 4.69) is 39.5 Å². The molecule has 3 heterocycles. The number of unbranched alkanes of at least 4 members (excludes halogenated alkanes) is 3. The highest BCUT2D eigenvalue weighted by atomic mass is 17.2. The van der Waals surface area contributed by atoms with Crippen LogP contribution in [0.1, 0.15) is 116 Å². The fourth-order valence-corrected chi connectivity index (χ4v) is 14.4. The minimum atomic E-state index is -1.14. The van der Waals surface area contributed by atoms with Gasteiger partial charge < -0.3 is 42.6 Å². The van der Waals surface area contributed by atoms with Crippen LogP contribution in [0.3, 0.4) is 0 Å². The molecule has 18 nitrogen and oxygen atoms in total. The third kappa shape index (κ3) is 15.1. The van der Waals surface area contributed by atoms with Gasteiger partial charge in [0.2, 0.25) is 0 Å². The van der Waals surface area contributed by atoms with Crippen LogP contribution in [0, 0.1) is 35.5 Å². The van der Waals surface area contributed by atoms with E-state index in [1.165, 1.54) is 12.2 Å². The zero-order valence-electron chi connectivity index (χ0n) is 46.2. The summed E-state index contributed by atoms with van der Waals surface area (Å²) in [7, 11) is 0. The van der Waals surface area contributed by atoms with Crippen LogP contribution in [0.15, 0.2) is 75.9 Å². The second kappa shape index (κ2) is 31.5. The van der Waals surface area contributed by atoms with Crippen LogP contribution in [-0.2, 0) is 86.3 Å². The predicted octanol–water partition coefficient (Wildman–Crippen LogP) is 8.92. The molecule has 15 atom stereocenters. The molecule has 7 fully saturated rings. The van der Waals surface area contributed by atoms with E-state index in [1.807, 2.05) is 0 Å². The lowest BCUT2D eigenvalue weighted by atomic mass is 9.42. The van der Waals surface area contributed by atoms with Gasteiger partial charge >= 0.3 is 17.9 Å². The summed E-state index contributed by atoms with van der Waals surface area (Å²) in [6.45, 7) is 27.0. The molecule has 0 amide bonds. The maximum atomic E-state index is 13.5. The lowest BCUT2D eigenvalue weighted by Gasteiger charge is -2.69.